The predicted molar refractivity (Wildman–Crippen MR) is 74.7 cm³/mol. The molecule has 1 saturated carbocycles. The number of hydrogen-bond acceptors (Lipinski definition) is 4. The number of carbonyl (C=O) groups excluding carboxylic acids is 1. The van der Waals surface area contributed by atoms with Crippen LogP contribution in [0, 0.1) is 0 Å². The zero-order chi connectivity index (χ0) is 15.0. The Bertz CT molecular complexity index is 585. The van der Waals surface area contributed by atoms with E-state index in [0.29, 0.717) is 11.1 Å². The van der Waals surface area contributed by atoms with E-state index in [1.165, 1.54) is 6.07 Å². The average Bonchev–Trinajstić information content (AvgIpc) is 2.52. The molecule has 0 unspecified atom stereocenters. The highest BCUT2D eigenvalue weighted by Crippen LogP contribution is 2.51. The van der Waals surface area contributed by atoms with Crippen LogP contribution in [0.5, 0.6) is 0 Å². The highest BCUT2D eigenvalue weighted by molar-refractivity contribution is 5.96. The molecule has 0 atom stereocenters. The van der Waals surface area contributed by atoms with Gasteiger partial charge in [-0.05, 0) is 60.8 Å². The maximum atomic E-state index is 12.2. The van der Waals surface area contributed by atoms with Crippen LogP contribution in [0.15, 0.2) is 12.1 Å². The summed E-state index contributed by atoms with van der Waals surface area (Å²) in [4.78, 5) is 23.6. The lowest BCUT2D eigenvalue weighted by atomic mass is 9.64. The van der Waals surface area contributed by atoms with Crippen LogP contribution in [0.25, 0.3) is 0 Å². The number of aliphatic hydroxyl groups excluding tert-OH is 1. The Morgan fingerprint density at radius 2 is 1.57 bits per heavy atom. The molecule has 2 bridgehead atoms. The molecule has 0 heterocycles. The molecule has 2 N–H and O–H groups in total. The fourth-order valence-electron chi connectivity index (χ4n) is 3.77. The minimum absolute atomic E-state index is 0.0393. The molecule has 0 amide bonds. The zero-order valence-electron chi connectivity index (χ0n) is 11.7. The van der Waals surface area contributed by atoms with Crippen LogP contribution >= 0.6 is 0 Å². The summed E-state index contributed by atoms with van der Waals surface area (Å²) in [7, 11) is 0. The number of carbonyl (C=O) groups is 2. The fraction of sp³-hybridized carbons (Fsp3) is 0.500. The number of hydrogen-bond donors (Lipinski definition) is 2. The second-order valence-corrected chi connectivity index (χ2v) is 5.70. The van der Waals surface area contributed by atoms with E-state index in [4.69, 9.17) is 9.84 Å². The Labute approximate surface area is 122 Å². The number of fused-ring (bicyclic) bond motifs is 2. The van der Waals surface area contributed by atoms with Crippen molar-refractivity contribution in [3.8, 4) is 0 Å². The van der Waals surface area contributed by atoms with E-state index < -0.39 is 11.9 Å². The summed E-state index contributed by atoms with van der Waals surface area (Å²) in [5.41, 5.74) is 2.50. The third kappa shape index (κ3) is 2.31. The van der Waals surface area contributed by atoms with E-state index >= 15 is 0 Å². The number of rotatable bonds is 4. The Hall–Kier alpha value is -1.88. The summed E-state index contributed by atoms with van der Waals surface area (Å²) in [5.74, 6) is -0.915. The van der Waals surface area contributed by atoms with Gasteiger partial charge in [-0.2, -0.15) is 0 Å². The van der Waals surface area contributed by atoms with Crippen LogP contribution in [0.4, 0.5) is 0 Å². The Morgan fingerprint density at radius 3 is 2.10 bits per heavy atom. The molecule has 3 aliphatic carbocycles. The van der Waals surface area contributed by atoms with Crippen molar-refractivity contribution in [2.75, 3.05) is 13.2 Å². The van der Waals surface area contributed by atoms with E-state index in [1.54, 1.807) is 6.07 Å². The van der Waals surface area contributed by atoms with Gasteiger partial charge in [0.15, 0.2) is 0 Å². The lowest BCUT2D eigenvalue weighted by Gasteiger charge is -2.40. The number of benzene rings is 1. The molecule has 1 aromatic carbocycles. The second-order valence-electron chi connectivity index (χ2n) is 5.70. The van der Waals surface area contributed by atoms with Gasteiger partial charge in [0.05, 0.1) is 17.7 Å². The SMILES string of the molecule is O=C(O)c1ccc(C(=O)OCCO)c2c1C1CCC2CC1. The number of esters is 1. The van der Waals surface area contributed by atoms with Gasteiger partial charge in [0.1, 0.15) is 6.61 Å². The second kappa shape index (κ2) is 5.48. The number of aromatic carboxylic acids is 1. The first kappa shape index (κ1) is 14.1. The molecule has 5 heteroatoms. The highest BCUT2D eigenvalue weighted by atomic mass is 16.5. The summed E-state index contributed by atoms with van der Waals surface area (Å²) < 4.78 is 5.01. The fourth-order valence-corrected chi connectivity index (χ4v) is 3.77. The Morgan fingerprint density at radius 1 is 1.05 bits per heavy atom. The number of carboxylic acid groups (broad SMARTS) is 1. The van der Waals surface area contributed by atoms with Crippen molar-refractivity contribution in [1.82, 2.24) is 0 Å². The highest BCUT2D eigenvalue weighted by Gasteiger charge is 2.38. The lowest BCUT2D eigenvalue weighted by Crippen LogP contribution is -2.27. The van der Waals surface area contributed by atoms with Crippen molar-refractivity contribution in [1.29, 1.82) is 0 Å². The maximum Gasteiger partial charge on any atom is 0.338 e. The Kier molecular flexibility index (Phi) is 3.68. The van der Waals surface area contributed by atoms with Crippen molar-refractivity contribution < 1.29 is 24.5 Å². The molecule has 0 radical (unpaired) electrons. The normalized spacial score (nSPS) is 22.7. The van der Waals surface area contributed by atoms with E-state index in [1.807, 2.05) is 0 Å². The van der Waals surface area contributed by atoms with Gasteiger partial charge in [0.2, 0.25) is 0 Å². The first-order valence-electron chi connectivity index (χ1n) is 7.31. The van der Waals surface area contributed by atoms with Crippen molar-refractivity contribution in [3.63, 3.8) is 0 Å². The van der Waals surface area contributed by atoms with Crippen LogP contribution in [0.3, 0.4) is 0 Å². The molecule has 0 aromatic heterocycles. The molecular weight excluding hydrogens is 272 g/mol. The Balaban J connectivity index is 2.10. The summed E-state index contributed by atoms with van der Waals surface area (Å²) in [6.45, 7) is -0.254. The zero-order valence-corrected chi connectivity index (χ0v) is 11.7. The van der Waals surface area contributed by atoms with E-state index in [2.05, 4.69) is 0 Å². The molecule has 5 nitrogen and oxygen atoms in total. The number of carboxylic acids is 1. The molecule has 0 spiro atoms. The van der Waals surface area contributed by atoms with Crippen molar-refractivity contribution >= 4 is 11.9 Å². The summed E-state index contributed by atoms with van der Waals surface area (Å²) in [6, 6.07) is 3.07. The molecule has 3 aliphatic rings. The van der Waals surface area contributed by atoms with Crippen LogP contribution in [0.2, 0.25) is 0 Å². The third-order valence-electron chi connectivity index (χ3n) is 4.61. The van der Waals surface area contributed by atoms with Gasteiger partial charge in [0, 0.05) is 0 Å². The average molecular weight is 290 g/mol. The van der Waals surface area contributed by atoms with E-state index in [9.17, 15) is 14.7 Å². The predicted octanol–water partition coefficient (Wildman–Crippen LogP) is 2.29. The van der Waals surface area contributed by atoms with Gasteiger partial charge >= 0.3 is 11.9 Å². The monoisotopic (exact) mass is 290 g/mol. The smallest absolute Gasteiger partial charge is 0.338 e. The minimum Gasteiger partial charge on any atom is -0.478 e. The largest absolute Gasteiger partial charge is 0.478 e. The first-order chi connectivity index (χ1) is 10.1. The summed E-state index contributed by atoms with van der Waals surface area (Å²) in [6.07, 6.45) is 3.99. The molecule has 1 aromatic rings. The van der Waals surface area contributed by atoms with Crippen LogP contribution in [-0.2, 0) is 4.74 Å². The third-order valence-corrected chi connectivity index (χ3v) is 4.61. The molecule has 112 valence electrons. The van der Waals surface area contributed by atoms with Gasteiger partial charge in [-0.15, -0.1) is 0 Å². The van der Waals surface area contributed by atoms with Crippen molar-refractivity contribution in [2.24, 2.45) is 0 Å². The molecule has 21 heavy (non-hydrogen) atoms. The molecule has 0 aliphatic heterocycles. The lowest BCUT2D eigenvalue weighted by molar-refractivity contribution is 0.0429. The van der Waals surface area contributed by atoms with Crippen LogP contribution in [-0.4, -0.2) is 35.4 Å². The standard InChI is InChI=1S/C16H18O5/c17-7-8-21-16(20)12-6-5-11(15(18)19)13-9-1-3-10(4-2-9)14(12)13/h5-6,9-10,17H,1-4,7-8H2,(H,18,19). The van der Waals surface area contributed by atoms with Crippen LogP contribution in [0.1, 0.15) is 69.4 Å². The van der Waals surface area contributed by atoms with Gasteiger partial charge in [-0.3, -0.25) is 0 Å². The van der Waals surface area contributed by atoms with Crippen molar-refractivity contribution in [3.05, 3.63) is 34.4 Å². The van der Waals surface area contributed by atoms with E-state index in [0.717, 1.165) is 36.8 Å². The minimum atomic E-state index is -0.936. The first-order valence-corrected chi connectivity index (χ1v) is 7.31. The van der Waals surface area contributed by atoms with Crippen molar-refractivity contribution in [2.45, 2.75) is 37.5 Å². The van der Waals surface area contributed by atoms with Gasteiger partial charge < -0.3 is 14.9 Å². The molecule has 1 fully saturated rings. The summed E-state index contributed by atoms with van der Waals surface area (Å²) in [5, 5.41) is 18.2. The van der Waals surface area contributed by atoms with Crippen LogP contribution < -0.4 is 0 Å². The quantitative estimate of drug-likeness (QED) is 0.831. The van der Waals surface area contributed by atoms with Gasteiger partial charge in [-0.25, -0.2) is 9.59 Å². The maximum absolute atomic E-state index is 12.2. The molecule has 4 rings (SSSR count). The molecular formula is C16H18O5. The van der Waals surface area contributed by atoms with Gasteiger partial charge in [-0.1, -0.05) is 0 Å². The number of ether oxygens (including phenoxy) is 1. The number of aliphatic hydroxyl groups is 1. The van der Waals surface area contributed by atoms with Gasteiger partial charge in [0.25, 0.3) is 0 Å². The summed E-state index contributed by atoms with van der Waals surface area (Å²) >= 11 is 0. The molecule has 0 saturated heterocycles. The van der Waals surface area contributed by atoms with E-state index in [-0.39, 0.29) is 25.0 Å². The topological polar surface area (TPSA) is 83.8 Å².